The van der Waals surface area contributed by atoms with Crippen LogP contribution in [0.3, 0.4) is 0 Å². The molecule has 1 saturated carbocycles. The van der Waals surface area contributed by atoms with Crippen LogP contribution in [-0.2, 0) is 6.54 Å². The minimum atomic E-state index is 0.405. The molecule has 1 N–H and O–H groups in total. The van der Waals surface area contributed by atoms with E-state index < -0.39 is 0 Å². The first kappa shape index (κ1) is 12.4. The zero-order valence-electron chi connectivity index (χ0n) is 11.3. The standard InChI is InChI=1S/C15H19N3O/c1-10(2)16-9-14-17-18-15(19-14)13-8-12(13)11-6-4-3-5-7-11/h3-7,10,12-13,16H,8-9H2,1-2H3. The van der Waals surface area contributed by atoms with Crippen LogP contribution in [-0.4, -0.2) is 16.2 Å². The molecule has 1 aromatic carbocycles. The van der Waals surface area contributed by atoms with Crippen LogP contribution in [0.2, 0.25) is 0 Å². The van der Waals surface area contributed by atoms with Crippen molar-refractivity contribution >= 4 is 0 Å². The number of nitrogens with zero attached hydrogens (tertiary/aromatic N) is 2. The fourth-order valence-corrected chi connectivity index (χ4v) is 2.32. The lowest BCUT2D eigenvalue weighted by Gasteiger charge is -2.03. The van der Waals surface area contributed by atoms with Gasteiger partial charge in [-0.1, -0.05) is 44.2 Å². The summed E-state index contributed by atoms with van der Waals surface area (Å²) in [6, 6.07) is 11.0. The second-order valence-corrected chi connectivity index (χ2v) is 5.43. The minimum absolute atomic E-state index is 0.405. The zero-order chi connectivity index (χ0) is 13.2. The number of rotatable bonds is 5. The third-order valence-corrected chi connectivity index (χ3v) is 3.48. The van der Waals surface area contributed by atoms with Crippen molar-refractivity contribution in [1.29, 1.82) is 0 Å². The van der Waals surface area contributed by atoms with Gasteiger partial charge in [-0.15, -0.1) is 10.2 Å². The Hall–Kier alpha value is -1.68. The Balaban J connectivity index is 1.63. The maximum absolute atomic E-state index is 5.72. The number of hydrogen-bond acceptors (Lipinski definition) is 4. The van der Waals surface area contributed by atoms with Crippen molar-refractivity contribution in [3.05, 3.63) is 47.7 Å². The number of hydrogen-bond donors (Lipinski definition) is 1. The van der Waals surface area contributed by atoms with Gasteiger partial charge >= 0.3 is 0 Å². The summed E-state index contributed by atoms with van der Waals surface area (Å²) in [5.74, 6) is 2.42. The minimum Gasteiger partial charge on any atom is -0.424 e. The van der Waals surface area contributed by atoms with E-state index in [0.717, 1.165) is 12.3 Å². The molecule has 19 heavy (non-hydrogen) atoms. The average Bonchev–Trinajstić information content (AvgIpc) is 3.09. The molecule has 0 spiro atoms. The van der Waals surface area contributed by atoms with Crippen molar-refractivity contribution in [3.63, 3.8) is 0 Å². The van der Waals surface area contributed by atoms with Gasteiger partial charge in [0.15, 0.2) is 0 Å². The highest BCUT2D eigenvalue weighted by Crippen LogP contribution is 2.53. The van der Waals surface area contributed by atoms with Gasteiger partial charge < -0.3 is 9.73 Å². The smallest absolute Gasteiger partial charge is 0.230 e. The van der Waals surface area contributed by atoms with Gasteiger partial charge in [0.2, 0.25) is 11.8 Å². The summed E-state index contributed by atoms with van der Waals surface area (Å²) in [5, 5.41) is 11.6. The Morgan fingerprint density at radius 3 is 2.74 bits per heavy atom. The van der Waals surface area contributed by atoms with E-state index in [1.54, 1.807) is 0 Å². The van der Waals surface area contributed by atoms with Crippen LogP contribution >= 0.6 is 0 Å². The summed E-state index contributed by atoms with van der Waals surface area (Å²) in [6.45, 7) is 4.85. The summed E-state index contributed by atoms with van der Waals surface area (Å²) in [6.07, 6.45) is 1.11. The molecule has 3 rings (SSSR count). The maximum Gasteiger partial charge on any atom is 0.230 e. The average molecular weight is 257 g/mol. The van der Waals surface area contributed by atoms with Gasteiger partial charge in [-0.3, -0.25) is 0 Å². The first-order valence-electron chi connectivity index (χ1n) is 6.84. The quantitative estimate of drug-likeness (QED) is 0.895. The van der Waals surface area contributed by atoms with Crippen LogP contribution in [0.4, 0.5) is 0 Å². The molecule has 1 heterocycles. The largest absolute Gasteiger partial charge is 0.424 e. The predicted octanol–water partition coefficient (Wildman–Crippen LogP) is 2.84. The van der Waals surface area contributed by atoms with Crippen molar-refractivity contribution in [1.82, 2.24) is 15.5 Å². The van der Waals surface area contributed by atoms with E-state index in [1.165, 1.54) is 5.56 Å². The Kier molecular flexibility index (Phi) is 3.34. The highest BCUT2D eigenvalue weighted by atomic mass is 16.4. The molecule has 4 heteroatoms. The molecule has 1 aliphatic rings. The molecule has 1 fully saturated rings. The topological polar surface area (TPSA) is 51.0 Å². The van der Waals surface area contributed by atoms with E-state index in [-0.39, 0.29) is 0 Å². The third kappa shape index (κ3) is 2.84. The summed E-state index contributed by atoms with van der Waals surface area (Å²) in [4.78, 5) is 0. The first-order chi connectivity index (χ1) is 9.24. The number of nitrogens with one attached hydrogen (secondary N) is 1. The van der Waals surface area contributed by atoms with Crippen molar-refractivity contribution in [2.75, 3.05) is 0 Å². The van der Waals surface area contributed by atoms with Crippen molar-refractivity contribution < 1.29 is 4.42 Å². The van der Waals surface area contributed by atoms with Crippen molar-refractivity contribution in [2.45, 2.75) is 44.7 Å². The molecule has 2 unspecified atom stereocenters. The Morgan fingerprint density at radius 1 is 1.21 bits per heavy atom. The van der Waals surface area contributed by atoms with Crippen LogP contribution in [0.25, 0.3) is 0 Å². The zero-order valence-corrected chi connectivity index (χ0v) is 11.3. The predicted molar refractivity (Wildman–Crippen MR) is 72.8 cm³/mol. The SMILES string of the molecule is CC(C)NCc1nnc(C2CC2c2ccccc2)o1. The normalized spacial score (nSPS) is 21.8. The van der Waals surface area contributed by atoms with Gasteiger partial charge in [-0.2, -0.15) is 0 Å². The van der Waals surface area contributed by atoms with Gasteiger partial charge in [0.25, 0.3) is 0 Å². The molecule has 1 aliphatic carbocycles. The van der Waals surface area contributed by atoms with E-state index in [1.807, 2.05) is 6.07 Å². The molecule has 0 aliphatic heterocycles. The van der Waals surface area contributed by atoms with Crippen LogP contribution in [0, 0.1) is 0 Å². The Bertz CT molecular complexity index is 535. The van der Waals surface area contributed by atoms with E-state index in [4.69, 9.17) is 4.42 Å². The monoisotopic (exact) mass is 257 g/mol. The van der Waals surface area contributed by atoms with Gasteiger partial charge in [0.1, 0.15) is 0 Å². The lowest BCUT2D eigenvalue weighted by Crippen LogP contribution is -2.21. The maximum atomic E-state index is 5.72. The summed E-state index contributed by atoms with van der Waals surface area (Å²) in [5.41, 5.74) is 1.37. The molecule has 4 nitrogen and oxygen atoms in total. The first-order valence-corrected chi connectivity index (χ1v) is 6.84. The summed E-state index contributed by atoms with van der Waals surface area (Å²) in [7, 11) is 0. The van der Waals surface area contributed by atoms with E-state index in [0.29, 0.717) is 30.3 Å². The molecule has 0 bridgehead atoms. The fraction of sp³-hybridized carbons (Fsp3) is 0.467. The van der Waals surface area contributed by atoms with E-state index in [2.05, 4.69) is 53.6 Å². The number of aromatic nitrogens is 2. The van der Waals surface area contributed by atoms with Crippen molar-refractivity contribution in [3.8, 4) is 0 Å². The third-order valence-electron chi connectivity index (χ3n) is 3.48. The number of benzene rings is 1. The molecule has 2 atom stereocenters. The second kappa shape index (κ2) is 5.13. The van der Waals surface area contributed by atoms with Crippen molar-refractivity contribution in [2.24, 2.45) is 0 Å². The van der Waals surface area contributed by atoms with Crippen LogP contribution in [0.1, 0.15) is 49.4 Å². The van der Waals surface area contributed by atoms with Gasteiger partial charge in [0, 0.05) is 12.0 Å². The highest BCUT2D eigenvalue weighted by molar-refractivity contribution is 5.30. The van der Waals surface area contributed by atoms with Gasteiger partial charge in [-0.25, -0.2) is 0 Å². The summed E-state index contributed by atoms with van der Waals surface area (Å²) < 4.78 is 5.72. The van der Waals surface area contributed by atoms with Gasteiger partial charge in [-0.05, 0) is 17.9 Å². The lowest BCUT2D eigenvalue weighted by atomic mass is 10.1. The molecule has 100 valence electrons. The molecular weight excluding hydrogens is 238 g/mol. The van der Waals surface area contributed by atoms with Gasteiger partial charge in [0.05, 0.1) is 6.54 Å². The molecular formula is C15H19N3O. The molecule has 0 saturated heterocycles. The van der Waals surface area contributed by atoms with E-state index >= 15 is 0 Å². The van der Waals surface area contributed by atoms with Crippen LogP contribution < -0.4 is 5.32 Å². The van der Waals surface area contributed by atoms with E-state index in [9.17, 15) is 0 Å². The Labute approximate surface area is 113 Å². The van der Waals surface area contributed by atoms with Crippen LogP contribution in [0.15, 0.2) is 34.7 Å². The lowest BCUT2D eigenvalue weighted by molar-refractivity contribution is 0.421. The Morgan fingerprint density at radius 2 is 2.00 bits per heavy atom. The summed E-state index contributed by atoms with van der Waals surface area (Å²) >= 11 is 0. The molecule has 2 aromatic rings. The highest BCUT2D eigenvalue weighted by Gasteiger charge is 2.43. The molecule has 0 amide bonds. The van der Waals surface area contributed by atoms with Crippen LogP contribution in [0.5, 0.6) is 0 Å². The molecule has 1 aromatic heterocycles. The second-order valence-electron chi connectivity index (χ2n) is 5.43. The fourth-order valence-electron chi connectivity index (χ4n) is 2.32. The molecule has 0 radical (unpaired) electrons.